The van der Waals surface area contributed by atoms with E-state index in [2.05, 4.69) is 9.72 Å². The first-order valence-corrected chi connectivity index (χ1v) is 5.13. The van der Waals surface area contributed by atoms with Crippen LogP contribution in [-0.2, 0) is 4.74 Å². The Morgan fingerprint density at radius 3 is 2.53 bits per heavy atom. The number of alkyl halides is 5. The van der Waals surface area contributed by atoms with E-state index < -0.39 is 29.9 Å². The zero-order chi connectivity index (χ0) is 13.1. The summed E-state index contributed by atoms with van der Waals surface area (Å²) in [5.74, 6) is -4.29. The molecule has 0 radical (unpaired) electrons. The molecule has 0 unspecified atom stereocenters. The van der Waals surface area contributed by atoms with Gasteiger partial charge in [0.1, 0.15) is 6.33 Å². The molecule has 0 aromatic carbocycles. The van der Waals surface area contributed by atoms with Crippen molar-refractivity contribution in [1.82, 2.24) is 9.55 Å². The molecule has 1 aromatic heterocycles. The maximum absolute atomic E-state index is 12.7. The molecule has 17 heavy (non-hydrogen) atoms. The van der Waals surface area contributed by atoms with Crippen LogP contribution in [0, 0.1) is 0 Å². The van der Waals surface area contributed by atoms with E-state index in [0.29, 0.717) is 0 Å². The zero-order valence-corrected chi connectivity index (χ0v) is 9.83. The van der Waals surface area contributed by atoms with Crippen LogP contribution < -0.4 is 0 Å². The normalized spacial score (nSPS) is 12.5. The first-order chi connectivity index (χ1) is 7.74. The minimum atomic E-state index is -4.33. The Morgan fingerprint density at radius 2 is 2.06 bits per heavy atom. The van der Waals surface area contributed by atoms with Crippen LogP contribution in [-0.4, -0.2) is 33.0 Å². The fraction of sp³-hybridized carbons (Fsp3) is 0.500. The van der Waals surface area contributed by atoms with Gasteiger partial charge in [0.05, 0.1) is 13.0 Å². The van der Waals surface area contributed by atoms with Crippen LogP contribution in [0.3, 0.4) is 0 Å². The van der Waals surface area contributed by atoms with Gasteiger partial charge in [0.15, 0.2) is 0 Å². The van der Waals surface area contributed by atoms with Crippen molar-refractivity contribution in [2.45, 2.75) is 17.2 Å². The minimum absolute atomic E-state index is 0.828. The number of ether oxygens (including phenoxy) is 1. The number of carbonyl (C=O) groups is 1. The van der Waals surface area contributed by atoms with E-state index in [1.54, 1.807) is 15.9 Å². The van der Waals surface area contributed by atoms with Gasteiger partial charge in [-0.2, -0.15) is 17.6 Å². The van der Waals surface area contributed by atoms with Crippen LogP contribution in [0.15, 0.2) is 18.7 Å². The molecule has 0 aliphatic carbocycles. The summed E-state index contributed by atoms with van der Waals surface area (Å²) < 4.78 is 55.3. The Morgan fingerprint density at radius 1 is 1.41 bits per heavy atom. The van der Waals surface area contributed by atoms with Gasteiger partial charge in [-0.1, -0.05) is 0 Å². The second-order valence-corrected chi connectivity index (χ2v) is 4.03. The van der Waals surface area contributed by atoms with Crippen LogP contribution in [0.2, 0.25) is 0 Å². The molecule has 4 nitrogen and oxygen atoms in total. The monoisotopic (exact) mass is 318 g/mol. The third-order valence-corrected chi connectivity index (χ3v) is 2.35. The molecule has 96 valence electrons. The molecule has 0 saturated heterocycles. The summed E-state index contributed by atoms with van der Waals surface area (Å²) >= 11 is 1.57. The summed E-state index contributed by atoms with van der Waals surface area (Å²) in [6.07, 6.45) is 1.36. The van der Waals surface area contributed by atoms with Gasteiger partial charge < -0.3 is 4.74 Å². The topological polar surface area (TPSA) is 44.1 Å². The summed E-state index contributed by atoms with van der Waals surface area (Å²) in [5.41, 5.74) is 0. The maximum atomic E-state index is 12.7. The van der Waals surface area contributed by atoms with Crippen molar-refractivity contribution in [2.75, 3.05) is 6.61 Å². The number of hydrogen-bond donors (Lipinski definition) is 0. The number of nitrogens with zero attached hydrogens (tertiary/aromatic N) is 2. The quantitative estimate of drug-likeness (QED) is 0.633. The molecular weight excluding hydrogens is 312 g/mol. The minimum Gasteiger partial charge on any atom is -0.449 e. The smallest absolute Gasteiger partial charge is 0.419 e. The summed E-state index contributed by atoms with van der Waals surface area (Å²) in [6.45, 7) is -0.828. The van der Waals surface area contributed by atoms with E-state index in [9.17, 15) is 22.4 Å². The molecule has 0 spiro atoms. The molecule has 0 bridgehead atoms. The van der Waals surface area contributed by atoms with Crippen molar-refractivity contribution in [3.8, 4) is 0 Å². The van der Waals surface area contributed by atoms with Crippen LogP contribution in [0.1, 0.15) is 6.42 Å². The lowest BCUT2D eigenvalue weighted by Gasteiger charge is -2.20. The lowest BCUT2D eigenvalue weighted by Crippen LogP contribution is -2.36. The van der Waals surface area contributed by atoms with Crippen molar-refractivity contribution in [3.63, 3.8) is 0 Å². The summed E-state index contributed by atoms with van der Waals surface area (Å²) in [5, 5.41) is 0. The molecule has 1 aromatic rings. The number of rotatable bonds is 4. The lowest BCUT2D eigenvalue weighted by atomic mass is 10.2. The predicted octanol–water partition coefficient (Wildman–Crippen LogP) is 2.88. The Balaban J connectivity index is 2.41. The summed E-state index contributed by atoms with van der Waals surface area (Å²) in [7, 11) is 0. The van der Waals surface area contributed by atoms with Gasteiger partial charge in [0, 0.05) is 12.4 Å². The highest BCUT2D eigenvalue weighted by atomic mass is 79.9. The third-order valence-electron chi connectivity index (χ3n) is 1.77. The van der Waals surface area contributed by atoms with E-state index >= 15 is 0 Å². The second-order valence-electron chi connectivity index (χ2n) is 3.04. The predicted molar refractivity (Wildman–Crippen MR) is 52.4 cm³/mol. The molecule has 1 rings (SSSR count). The molecule has 1 heterocycles. The van der Waals surface area contributed by atoms with E-state index in [1.165, 1.54) is 12.4 Å². The van der Waals surface area contributed by atoms with Gasteiger partial charge in [-0.3, -0.25) is 0 Å². The molecule has 9 heteroatoms. The van der Waals surface area contributed by atoms with Gasteiger partial charge >= 0.3 is 16.8 Å². The van der Waals surface area contributed by atoms with Gasteiger partial charge in [-0.25, -0.2) is 14.3 Å². The summed E-state index contributed by atoms with van der Waals surface area (Å²) in [4.78, 5) is 10.3. The molecule has 0 aliphatic rings. The Hall–Kier alpha value is -1.12. The Labute approximate surface area is 102 Å². The molecule has 0 amide bonds. The van der Waals surface area contributed by atoms with E-state index in [0.717, 1.165) is 10.9 Å². The van der Waals surface area contributed by atoms with Crippen LogP contribution in [0.4, 0.5) is 22.4 Å². The van der Waals surface area contributed by atoms with Crippen molar-refractivity contribution in [2.24, 2.45) is 0 Å². The Kier molecular flexibility index (Phi) is 4.12. The van der Waals surface area contributed by atoms with E-state index in [4.69, 9.17) is 0 Å². The molecule has 0 saturated carbocycles. The maximum Gasteiger partial charge on any atom is 0.419 e. The molecule has 0 aliphatic heterocycles. The number of hydrogen-bond acceptors (Lipinski definition) is 3. The van der Waals surface area contributed by atoms with Crippen LogP contribution in [0.25, 0.3) is 0 Å². The fourth-order valence-electron chi connectivity index (χ4n) is 0.850. The van der Waals surface area contributed by atoms with E-state index in [-0.39, 0.29) is 0 Å². The van der Waals surface area contributed by atoms with E-state index in [1.807, 2.05) is 0 Å². The molecule has 0 atom stereocenters. The molecular formula is C8H7BrF4N2O2. The third kappa shape index (κ3) is 3.69. The number of aromatic nitrogens is 2. The van der Waals surface area contributed by atoms with Gasteiger partial charge in [0.2, 0.25) is 0 Å². The number of carbonyl (C=O) groups excluding carboxylic acids is 1. The second kappa shape index (κ2) is 5.03. The largest absolute Gasteiger partial charge is 0.449 e. The standard InChI is InChI=1S/C8H7BrF4N2O2/c9-8(12,13)7(10,11)1-4-17-6(16)15-3-2-14-5-15/h2-3,5H,1,4H2. The van der Waals surface area contributed by atoms with Gasteiger partial charge in [0.25, 0.3) is 0 Å². The van der Waals surface area contributed by atoms with Crippen molar-refractivity contribution < 1.29 is 27.1 Å². The van der Waals surface area contributed by atoms with Crippen molar-refractivity contribution in [3.05, 3.63) is 18.7 Å². The highest BCUT2D eigenvalue weighted by molar-refractivity contribution is 9.10. The highest BCUT2D eigenvalue weighted by Gasteiger charge is 2.53. The van der Waals surface area contributed by atoms with Crippen molar-refractivity contribution >= 4 is 22.0 Å². The highest BCUT2D eigenvalue weighted by Crippen LogP contribution is 2.41. The SMILES string of the molecule is O=C(OCCC(F)(F)C(F)(F)Br)n1ccnc1. The summed E-state index contributed by atoms with van der Waals surface area (Å²) in [6, 6.07) is 0. The van der Waals surface area contributed by atoms with Crippen LogP contribution >= 0.6 is 15.9 Å². The first-order valence-electron chi connectivity index (χ1n) is 4.34. The lowest BCUT2D eigenvalue weighted by molar-refractivity contribution is -0.155. The average molecular weight is 319 g/mol. The van der Waals surface area contributed by atoms with Crippen molar-refractivity contribution in [1.29, 1.82) is 0 Å². The van der Waals surface area contributed by atoms with Gasteiger partial charge in [-0.15, -0.1) is 0 Å². The molecule has 0 N–H and O–H groups in total. The van der Waals surface area contributed by atoms with Crippen LogP contribution in [0.5, 0.6) is 0 Å². The fourth-order valence-corrected chi connectivity index (χ4v) is 1.05. The first kappa shape index (κ1) is 13.9. The Bertz CT molecular complexity index is 377. The molecule has 0 fully saturated rings. The number of imidazole rings is 1. The average Bonchev–Trinajstić information content (AvgIpc) is 2.67. The van der Waals surface area contributed by atoms with Gasteiger partial charge in [-0.05, 0) is 15.9 Å². The number of halogens is 5. The zero-order valence-electron chi connectivity index (χ0n) is 8.25.